The molecule has 5 N–H and O–H groups in total. The van der Waals surface area contributed by atoms with E-state index in [2.05, 4.69) is 15.3 Å². The highest BCUT2D eigenvalue weighted by Gasteiger charge is 2.44. The fourth-order valence-corrected chi connectivity index (χ4v) is 2.16. The Labute approximate surface area is 107 Å². The number of aromatic nitrogens is 4. The first-order valence-corrected chi connectivity index (χ1v) is 5.71. The van der Waals surface area contributed by atoms with Crippen LogP contribution in [0.4, 0.5) is 5.82 Å². The lowest BCUT2D eigenvalue weighted by Gasteiger charge is -2.15. The molecule has 1 aliphatic rings. The van der Waals surface area contributed by atoms with Gasteiger partial charge in [0.2, 0.25) is 0 Å². The number of rotatable bonds is 2. The monoisotopic (exact) mass is 267 g/mol. The van der Waals surface area contributed by atoms with Gasteiger partial charge in [-0.25, -0.2) is 9.67 Å². The van der Waals surface area contributed by atoms with Gasteiger partial charge in [-0.05, 0) is 6.07 Å². The molecule has 0 amide bonds. The average molecular weight is 267 g/mol. The van der Waals surface area contributed by atoms with Gasteiger partial charge in [0.15, 0.2) is 17.6 Å². The van der Waals surface area contributed by atoms with Gasteiger partial charge in [-0.1, -0.05) is 5.21 Å². The molecule has 4 atom stereocenters. The van der Waals surface area contributed by atoms with Crippen molar-refractivity contribution in [1.29, 1.82) is 0 Å². The Bertz CT molecular complexity index is 603. The summed E-state index contributed by atoms with van der Waals surface area (Å²) in [6, 6.07) is 1.63. The molecule has 1 fully saturated rings. The third-order valence-corrected chi connectivity index (χ3v) is 3.18. The molecular formula is C10H13N5O4. The summed E-state index contributed by atoms with van der Waals surface area (Å²) in [6.45, 7) is -0.398. The number of anilines is 1. The van der Waals surface area contributed by atoms with Crippen molar-refractivity contribution in [2.24, 2.45) is 0 Å². The molecule has 3 heterocycles. The largest absolute Gasteiger partial charge is 0.394 e. The van der Waals surface area contributed by atoms with Gasteiger partial charge in [0.25, 0.3) is 0 Å². The van der Waals surface area contributed by atoms with Crippen LogP contribution < -0.4 is 5.73 Å². The van der Waals surface area contributed by atoms with Crippen molar-refractivity contribution in [3.8, 4) is 0 Å². The number of nitrogens with zero attached hydrogens (tertiary/aromatic N) is 4. The molecule has 0 saturated carbocycles. The Morgan fingerprint density at radius 2 is 2.16 bits per heavy atom. The van der Waals surface area contributed by atoms with Crippen LogP contribution >= 0.6 is 0 Å². The number of ether oxygens (including phenoxy) is 1. The summed E-state index contributed by atoms with van der Waals surface area (Å²) in [5, 5.41) is 36.4. The fourth-order valence-electron chi connectivity index (χ4n) is 2.16. The maximum absolute atomic E-state index is 9.94. The summed E-state index contributed by atoms with van der Waals surface area (Å²) < 4.78 is 6.69. The molecule has 1 aliphatic heterocycles. The molecule has 1 saturated heterocycles. The van der Waals surface area contributed by atoms with E-state index in [4.69, 9.17) is 15.6 Å². The molecule has 2 aromatic rings. The summed E-state index contributed by atoms with van der Waals surface area (Å²) in [7, 11) is 0. The van der Waals surface area contributed by atoms with Crippen LogP contribution in [-0.2, 0) is 4.74 Å². The van der Waals surface area contributed by atoms with Gasteiger partial charge in [0.05, 0.1) is 12.1 Å². The maximum Gasteiger partial charge on any atom is 0.181 e. The summed E-state index contributed by atoms with van der Waals surface area (Å²) in [5.74, 6) is 0.218. The van der Waals surface area contributed by atoms with Gasteiger partial charge < -0.3 is 25.8 Å². The smallest absolute Gasteiger partial charge is 0.181 e. The lowest BCUT2D eigenvalue weighted by atomic mass is 10.1. The molecule has 2 unspecified atom stereocenters. The molecule has 9 nitrogen and oxygen atoms in total. The highest BCUT2D eigenvalue weighted by molar-refractivity contribution is 5.83. The second-order valence-electron chi connectivity index (χ2n) is 4.33. The standard InChI is InChI=1S/C10H13N5O4/c11-9-6-4(1-2-12-9)15(14-13-6)10-8(18)7(17)5(3-16)19-10/h1-2,5,7-8,10,16-18H,3H2,(H2,11,12)/t5-,7?,8?,10-/m1/s1. The van der Waals surface area contributed by atoms with Crippen LogP contribution in [0.3, 0.4) is 0 Å². The van der Waals surface area contributed by atoms with Gasteiger partial charge >= 0.3 is 0 Å². The van der Waals surface area contributed by atoms with Crippen molar-refractivity contribution < 1.29 is 20.1 Å². The van der Waals surface area contributed by atoms with E-state index in [-0.39, 0.29) is 5.82 Å². The fraction of sp³-hybridized carbons (Fsp3) is 0.500. The van der Waals surface area contributed by atoms with Crippen LogP contribution in [0, 0.1) is 0 Å². The normalized spacial score (nSPS) is 31.1. The van der Waals surface area contributed by atoms with E-state index in [0.29, 0.717) is 11.0 Å². The second-order valence-corrected chi connectivity index (χ2v) is 4.33. The zero-order valence-electron chi connectivity index (χ0n) is 9.79. The van der Waals surface area contributed by atoms with E-state index in [1.165, 1.54) is 10.9 Å². The van der Waals surface area contributed by atoms with E-state index in [1.54, 1.807) is 6.07 Å². The van der Waals surface area contributed by atoms with Gasteiger partial charge in [0.1, 0.15) is 18.3 Å². The third kappa shape index (κ3) is 1.75. The number of pyridine rings is 1. The molecule has 19 heavy (non-hydrogen) atoms. The van der Waals surface area contributed by atoms with Crippen LogP contribution in [0.15, 0.2) is 12.3 Å². The van der Waals surface area contributed by atoms with Crippen LogP contribution in [0.2, 0.25) is 0 Å². The molecule has 102 valence electrons. The van der Waals surface area contributed by atoms with E-state index < -0.39 is 31.1 Å². The Hall–Kier alpha value is -1.81. The van der Waals surface area contributed by atoms with E-state index in [9.17, 15) is 10.2 Å². The summed E-state index contributed by atoms with van der Waals surface area (Å²) in [4.78, 5) is 3.88. The van der Waals surface area contributed by atoms with Gasteiger partial charge in [-0.15, -0.1) is 5.10 Å². The zero-order valence-corrected chi connectivity index (χ0v) is 9.79. The van der Waals surface area contributed by atoms with E-state index in [0.717, 1.165) is 0 Å². The molecule has 9 heteroatoms. The summed E-state index contributed by atoms with van der Waals surface area (Å²) in [6.07, 6.45) is -2.71. The molecule has 2 aromatic heterocycles. The van der Waals surface area contributed by atoms with Crippen molar-refractivity contribution in [3.63, 3.8) is 0 Å². The molecule has 0 aliphatic carbocycles. The van der Waals surface area contributed by atoms with Crippen LogP contribution in [0.1, 0.15) is 6.23 Å². The Morgan fingerprint density at radius 3 is 2.84 bits per heavy atom. The van der Waals surface area contributed by atoms with Crippen LogP contribution in [-0.4, -0.2) is 60.2 Å². The van der Waals surface area contributed by atoms with Crippen LogP contribution in [0.25, 0.3) is 11.0 Å². The van der Waals surface area contributed by atoms with Gasteiger partial charge in [0, 0.05) is 6.20 Å². The van der Waals surface area contributed by atoms with E-state index in [1.807, 2.05) is 0 Å². The third-order valence-electron chi connectivity index (χ3n) is 3.18. The lowest BCUT2D eigenvalue weighted by Crippen LogP contribution is -2.33. The predicted octanol–water partition coefficient (Wildman–Crippen LogP) is -1.98. The number of aliphatic hydroxyl groups excluding tert-OH is 3. The van der Waals surface area contributed by atoms with Gasteiger partial charge in [-0.2, -0.15) is 0 Å². The second kappa shape index (κ2) is 4.38. The van der Waals surface area contributed by atoms with Crippen molar-refractivity contribution in [2.75, 3.05) is 12.3 Å². The number of hydrogen-bond acceptors (Lipinski definition) is 8. The lowest BCUT2D eigenvalue weighted by molar-refractivity contribution is -0.0572. The first-order chi connectivity index (χ1) is 9.13. The Balaban J connectivity index is 2.04. The molecule has 0 radical (unpaired) electrons. The first-order valence-electron chi connectivity index (χ1n) is 5.71. The number of fused-ring (bicyclic) bond motifs is 1. The molecule has 0 bridgehead atoms. The molecular weight excluding hydrogens is 254 g/mol. The molecule has 0 aromatic carbocycles. The minimum absolute atomic E-state index is 0.218. The molecule has 0 spiro atoms. The maximum atomic E-state index is 9.94. The average Bonchev–Trinajstić information content (AvgIpc) is 2.94. The first kappa shape index (κ1) is 12.2. The van der Waals surface area contributed by atoms with Crippen molar-refractivity contribution in [2.45, 2.75) is 24.5 Å². The zero-order chi connectivity index (χ0) is 13.6. The number of aliphatic hydroxyl groups is 3. The quantitative estimate of drug-likeness (QED) is 0.491. The number of nitrogens with two attached hydrogens (primary N) is 1. The summed E-state index contributed by atoms with van der Waals surface area (Å²) in [5.41, 5.74) is 6.58. The Kier molecular flexibility index (Phi) is 2.82. The highest BCUT2D eigenvalue weighted by Crippen LogP contribution is 2.31. The topological polar surface area (TPSA) is 140 Å². The Morgan fingerprint density at radius 1 is 1.37 bits per heavy atom. The predicted molar refractivity (Wildman–Crippen MR) is 62.7 cm³/mol. The van der Waals surface area contributed by atoms with Gasteiger partial charge in [-0.3, -0.25) is 0 Å². The highest BCUT2D eigenvalue weighted by atomic mass is 16.6. The minimum Gasteiger partial charge on any atom is -0.394 e. The minimum atomic E-state index is -1.21. The van der Waals surface area contributed by atoms with Crippen molar-refractivity contribution in [3.05, 3.63) is 12.3 Å². The van der Waals surface area contributed by atoms with Crippen LogP contribution in [0.5, 0.6) is 0 Å². The van der Waals surface area contributed by atoms with Crippen molar-refractivity contribution >= 4 is 16.9 Å². The molecule has 3 rings (SSSR count). The SMILES string of the molecule is Nc1nccc2c1nnn2[C@@H]1O[C@H](CO)C(O)C1O. The van der Waals surface area contributed by atoms with E-state index >= 15 is 0 Å². The number of nitrogen functional groups attached to an aromatic ring is 1. The van der Waals surface area contributed by atoms with Crippen molar-refractivity contribution in [1.82, 2.24) is 20.0 Å². The summed E-state index contributed by atoms with van der Waals surface area (Å²) >= 11 is 0. The number of hydrogen-bond donors (Lipinski definition) is 4.